The van der Waals surface area contributed by atoms with Crippen molar-refractivity contribution in [3.63, 3.8) is 0 Å². The van der Waals surface area contributed by atoms with Crippen molar-refractivity contribution >= 4 is 40.6 Å². The van der Waals surface area contributed by atoms with Gasteiger partial charge in [0, 0.05) is 12.6 Å². The first-order valence-electron chi connectivity index (χ1n) is 6.41. The maximum absolute atomic E-state index is 6.25. The minimum absolute atomic E-state index is 0.330. The predicted molar refractivity (Wildman–Crippen MR) is 79.2 cm³/mol. The van der Waals surface area contributed by atoms with Crippen molar-refractivity contribution in [3.8, 4) is 0 Å². The van der Waals surface area contributed by atoms with Gasteiger partial charge >= 0.3 is 0 Å². The lowest BCUT2D eigenvalue weighted by Gasteiger charge is -2.37. The first-order valence-corrected chi connectivity index (χ1v) is 7.55. The maximum Gasteiger partial charge on any atom is 0.150 e. The highest BCUT2D eigenvalue weighted by atomic mass is 35.5. The van der Waals surface area contributed by atoms with Crippen LogP contribution in [0.1, 0.15) is 39.0 Å². The molecule has 1 saturated heterocycles. The average molecular weight is 308 g/mol. The van der Waals surface area contributed by atoms with Crippen molar-refractivity contribution in [2.75, 3.05) is 11.4 Å². The third-order valence-electron chi connectivity index (χ3n) is 3.39. The Balaban J connectivity index is 2.30. The lowest BCUT2D eigenvalue weighted by Crippen LogP contribution is -2.40. The van der Waals surface area contributed by atoms with Gasteiger partial charge in [0.1, 0.15) is 11.0 Å². The molecule has 2 heterocycles. The van der Waals surface area contributed by atoms with E-state index in [4.69, 9.17) is 34.8 Å². The summed E-state index contributed by atoms with van der Waals surface area (Å²) in [5, 5.41) is 1.33. The Morgan fingerprint density at radius 1 is 1.28 bits per heavy atom. The largest absolute Gasteiger partial charge is 0.352 e. The number of aromatic nitrogens is 1. The maximum atomic E-state index is 6.25. The van der Waals surface area contributed by atoms with Gasteiger partial charge in [-0.2, -0.15) is 0 Å². The molecule has 0 saturated carbocycles. The molecule has 0 radical (unpaired) electrons. The van der Waals surface area contributed by atoms with Gasteiger partial charge in [-0.15, -0.1) is 0 Å². The van der Waals surface area contributed by atoms with Gasteiger partial charge in [0.25, 0.3) is 0 Å². The standard InChI is InChI=1S/C13H17Cl3N2/c1-2-5-9-6-3-4-7-18(9)13-11(15)8-10(14)12(16)17-13/h8-9H,2-7H2,1H3. The second kappa shape index (κ2) is 6.31. The van der Waals surface area contributed by atoms with Crippen molar-refractivity contribution in [2.45, 2.75) is 45.1 Å². The smallest absolute Gasteiger partial charge is 0.150 e. The van der Waals surface area contributed by atoms with Gasteiger partial charge in [-0.25, -0.2) is 4.98 Å². The van der Waals surface area contributed by atoms with E-state index in [1.54, 1.807) is 6.07 Å². The number of nitrogens with zero attached hydrogens (tertiary/aromatic N) is 2. The van der Waals surface area contributed by atoms with Gasteiger partial charge < -0.3 is 4.90 Å². The van der Waals surface area contributed by atoms with E-state index in [2.05, 4.69) is 16.8 Å². The molecule has 0 bridgehead atoms. The van der Waals surface area contributed by atoms with Crippen LogP contribution in [0.2, 0.25) is 15.2 Å². The van der Waals surface area contributed by atoms with E-state index in [1.165, 1.54) is 25.7 Å². The van der Waals surface area contributed by atoms with Crippen LogP contribution >= 0.6 is 34.8 Å². The van der Waals surface area contributed by atoms with Gasteiger partial charge in [-0.05, 0) is 31.7 Å². The van der Waals surface area contributed by atoms with E-state index in [0.717, 1.165) is 18.8 Å². The highest BCUT2D eigenvalue weighted by Crippen LogP contribution is 2.35. The average Bonchev–Trinajstić information content (AvgIpc) is 2.35. The first kappa shape index (κ1) is 14.2. The molecule has 1 aliphatic rings. The molecule has 0 aromatic carbocycles. The minimum Gasteiger partial charge on any atom is -0.352 e. The summed E-state index contributed by atoms with van der Waals surface area (Å²) in [6, 6.07) is 2.21. The Kier molecular flexibility index (Phi) is 4.99. The molecule has 1 atom stereocenters. The molecule has 0 N–H and O–H groups in total. The predicted octanol–water partition coefficient (Wildman–Crippen LogP) is 5.20. The van der Waals surface area contributed by atoms with E-state index in [-0.39, 0.29) is 0 Å². The molecule has 1 aromatic heterocycles. The van der Waals surface area contributed by atoms with Gasteiger partial charge in [0.05, 0.1) is 10.0 Å². The molecule has 5 heteroatoms. The first-order chi connectivity index (χ1) is 8.63. The molecular weight excluding hydrogens is 291 g/mol. The summed E-state index contributed by atoms with van der Waals surface area (Å²) in [6.45, 7) is 3.20. The summed E-state index contributed by atoms with van der Waals surface area (Å²) in [5.41, 5.74) is 0. The fourth-order valence-corrected chi connectivity index (χ4v) is 3.15. The quantitative estimate of drug-likeness (QED) is 0.713. The zero-order chi connectivity index (χ0) is 13.1. The van der Waals surface area contributed by atoms with E-state index in [9.17, 15) is 0 Å². The van der Waals surface area contributed by atoms with Crippen LogP contribution in [0.4, 0.5) is 5.82 Å². The third kappa shape index (κ3) is 3.04. The van der Waals surface area contributed by atoms with Crippen LogP contribution in [0.15, 0.2) is 6.07 Å². The summed E-state index contributed by atoms with van der Waals surface area (Å²) >= 11 is 18.2. The Labute approximate surface area is 123 Å². The second-order valence-electron chi connectivity index (χ2n) is 4.70. The number of hydrogen-bond donors (Lipinski definition) is 0. The van der Waals surface area contributed by atoms with Crippen LogP contribution in [0.5, 0.6) is 0 Å². The molecule has 1 unspecified atom stereocenters. The summed E-state index contributed by atoms with van der Waals surface area (Å²) in [5.74, 6) is 0.782. The summed E-state index contributed by atoms with van der Waals surface area (Å²) in [6.07, 6.45) is 5.99. The van der Waals surface area contributed by atoms with E-state index >= 15 is 0 Å². The summed E-state index contributed by atoms with van der Waals surface area (Å²) in [4.78, 5) is 6.65. The highest BCUT2D eigenvalue weighted by Gasteiger charge is 2.25. The molecule has 0 aliphatic carbocycles. The second-order valence-corrected chi connectivity index (χ2v) is 5.87. The third-order valence-corrected chi connectivity index (χ3v) is 4.34. The number of pyridine rings is 1. The normalized spacial score (nSPS) is 20.2. The van der Waals surface area contributed by atoms with E-state index < -0.39 is 0 Å². The molecule has 1 aliphatic heterocycles. The summed E-state index contributed by atoms with van der Waals surface area (Å²) in [7, 11) is 0. The fraction of sp³-hybridized carbons (Fsp3) is 0.615. The van der Waals surface area contributed by atoms with Gasteiger partial charge in [0.15, 0.2) is 0 Å². The molecule has 1 fully saturated rings. The monoisotopic (exact) mass is 306 g/mol. The van der Waals surface area contributed by atoms with Gasteiger partial charge in [0.2, 0.25) is 0 Å². The number of anilines is 1. The minimum atomic E-state index is 0.330. The zero-order valence-corrected chi connectivity index (χ0v) is 12.7. The summed E-state index contributed by atoms with van der Waals surface area (Å²) < 4.78 is 0. The number of halogens is 3. The molecule has 18 heavy (non-hydrogen) atoms. The fourth-order valence-electron chi connectivity index (χ4n) is 2.55. The highest BCUT2D eigenvalue weighted by molar-refractivity contribution is 6.42. The Morgan fingerprint density at radius 2 is 2.06 bits per heavy atom. The topological polar surface area (TPSA) is 16.1 Å². The Hall–Kier alpha value is -0.180. The van der Waals surface area contributed by atoms with Crippen LogP contribution in [-0.4, -0.2) is 17.6 Å². The molecular formula is C13H17Cl3N2. The van der Waals surface area contributed by atoms with Crippen molar-refractivity contribution in [3.05, 3.63) is 21.3 Å². The lowest BCUT2D eigenvalue weighted by atomic mass is 9.98. The van der Waals surface area contributed by atoms with Gasteiger partial charge in [-0.1, -0.05) is 48.1 Å². The van der Waals surface area contributed by atoms with Gasteiger partial charge in [-0.3, -0.25) is 0 Å². The van der Waals surface area contributed by atoms with Crippen molar-refractivity contribution < 1.29 is 0 Å². The molecule has 1 aromatic rings. The van der Waals surface area contributed by atoms with Crippen molar-refractivity contribution in [1.29, 1.82) is 0 Å². The van der Waals surface area contributed by atoms with Crippen LogP contribution in [0.25, 0.3) is 0 Å². The number of hydrogen-bond acceptors (Lipinski definition) is 2. The number of piperidine rings is 1. The van der Waals surface area contributed by atoms with Crippen molar-refractivity contribution in [1.82, 2.24) is 4.98 Å². The van der Waals surface area contributed by atoms with Crippen molar-refractivity contribution in [2.24, 2.45) is 0 Å². The van der Waals surface area contributed by atoms with Crippen LogP contribution < -0.4 is 4.90 Å². The molecule has 0 spiro atoms. The molecule has 2 nitrogen and oxygen atoms in total. The van der Waals surface area contributed by atoms with Crippen LogP contribution in [0, 0.1) is 0 Å². The molecule has 100 valence electrons. The van der Waals surface area contributed by atoms with E-state index in [0.29, 0.717) is 21.2 Å². The SMILES string of the molecule is CCCC1CCCCN1c1nc(Cl)c(Cl)cc1Cl. The molecule has 2 rings (SSSR count). The lowest BCUT2D eigenvalue weighted by molar-refractivity contribution is 0.432. The molecule has 0 amide bonds. The number of rotatable bonds is 3. The van der Waals surface area contributed by atoms with Crippen LogP contribution in [-0.2, 0) is 0 Å². The van der Waals surface area contributed by atoms with E-state index in [1.807, 2.05) is 0 Å². The van der Waals surface area contributed by atoms with Crippen LogP contribution in [0.3, 0.4) is 0 Å². The zero-order valence-electron chi connectivity index (χ0n) is 10.4. The Morgan fingerprint density at radius 3 is 2.78 bits per heavy atom. The Bertz CT molecular complexity index is 421.